The predicted molar refractivity (Wildman–Crippen MR) is 56.1 cm³/mol. The Bertz CT molecular complexity index is 207. The van der Waals surface area contributed by atoms with Crippen LogP contribution < -0.4 is 0 Å². The number of carbonyl (C=O) groups is 2. The van der Waals surface area contributed by atoms with Gasteiger partial charge in [-0.25, -0.2) is 0 Å². The third-order valence-corrected chi connectivity index (χ3v) is 1.95. The van der Waals surface area contributed by atoms with Crippen LogP contribution in [0.3, 0.4) is 0 Å². The molecule has 0 aromatic rings. The second-order valence-electron chi connectivity index (χ2n) is 3.78. The van der Waals surface area contributed by atoms with Gasteiger partial charge in [0.25, 0.3) is 5.79 Å². The summed E-state index contributed by atoms with van der Waals surface area (Å²) >= 11 is 0. The van der Waals surface area contributed by atoms with E-state index in [2.05, 4.69) is 6.92 Å². The van der Waals surface area contributed by atoms with E-state index >= 15 is 0 Å². The SMILES string of the molecule is CCCCCC(C)(OC(C)=O)OC(C)=O. The normalized spacial score (nSPS) is 10.9. The molecule has 0 unspecified atom stereocenters. The zero-order valence-electron chi connectivity index (χ0n) is 9.96. The first kappa shape index (κ1) is 13.9. The topological polar surface area (TPSA) is 52.6 Å². The molecule has 4 heteroatoms. The van der Waals surface area contributed by atoms with Crippen molar-refractivity contribution < 1.29 is 19.1 Å². The Morgan fingerprint density at radius 1 is 1.07 bits per heavy atom. The molecule has 0 bridgehead atoms. The van der Waals surface area contributed by atoms with Gasteiger partial charge in [-0.2, -0.15) is 0 Å². The van der Waals surface area contributed by atoms with Crippen LogP contribution >= 0.6 is 0 Å². The first-order valence-electron chi connectivity index (χ1n) is 5.29. The highest BCUT2D eigenvalue weighted by Gasteiger charge is 2.30. The standard InChI is InChI=1S/C11H20O4/c1-5-6-7-8-11(4,14-9(2)12)15-10(3)13/h5-8H2,1-4H3. The van der Waals surface area contributed by atoms with Gasteiger partial charge in [0.1, 0.15) is 0 Å². The Balaban J connectivity index is 4.26. The Morgan fingerprint density at radius 2 is 1.53 bits per heavy atom. The maximum atomic E-state index is 10.9. The molecule has 0 heterocycles. The van der Waals surface area contributed by atoms with Crippen LogP contribution in [-0.2, 0) is 19.1 Å². The first-order valence-corrected chi connectivity index (χ1v) is 5.29. The zero-order chi connectivity index (χ0) is 11.9. The molecule has 0 aromatic carbocycles. The van der Waals surface area contributed by atoms with Gasteiger partial charge >= 0.3 is 11.9 Å². The molecule has 88 valence electrons. The number of ether oxygens (including phenoxy) is 2. The van der Waals surface area contributed by atoms with Crippen LogP contribution in [-0.4, -0.2) is 17.7 Å². The lowest BCUT2D eigenvalue weighted by Crippen LogP contribution is -2.35. The van der Waals surface area contributed by atoms with Crippen molar-refractivity contribution in [3.8, 4) is 0 Å². The van der Waals surface area contributed by atoms with Crippen molar-refractivity contribution in [2.24, 2.45) is 0 Å². The Morgan fingerprint density at radius 3 is 1.87 bits per heavy atom. The van der Waals surface area contributed by atoms with Gasteiger partial charge in [-0.3, -0.25) is 9.59 Å². The van der Waals surface area contributed by atoms with Crippen molar-refractivity contribution in [3.63, 3.8) is 0 Å². The van der Waals surface area contributed by atoms with Gasteiger partial charge in [0.2, 0.25) is 0 Å². The summed E-state index contributed by atoms with van der Waals surface area (Å²) in [5.74, 6) is -1.97. The zero-order valence-corrected chi connectivity index (χ0v) is 9.96. The number of esters is 2. The molecule has 0 atom stereocenters. The fourth-order valence-corrected chi connectivity index (χ4v) is 1.43. The van der Waals surface area contributed by atoms with Crippen molar-refractivity contribution in [1.29, 1.82) is 0 Å². The van der Waals surface area contributed by atoms with Gasteiger partial charge in [0.05, 0.1) is 0 Å². The molecular formula is C11H20O4. The van der Waals surface area contributed by atoms with Crippen LogP contribution in [0.5, 0.6) is 0 Å². The van der Waals surface area contributed by atoms with Gasteiger partial charge in [-0.05, 0) is 6.42 Å². The van der Waals surface area contributed by atoms with Crippen LogP contribution in [0.2, 0.25) is 0 Å². The Kier molecular flexibility index (Phi) is 5.97. The lowest BCUT2D eigenvalue weighted by Gasteiger charge is -2.28. The maximum absolute atomic E-state index is 10.9. The molecule has 0 saturated carbocycles. The van der Waals surface area contributed by atoms with Crippen LogP contribution in [0.15, 0.2) is 0 Å². The maximum Gasteiger partial charge on any atom is 0.305 e. The van der Waals surface area contributed by atoms with Crippen LogP contribution in [0.4, 0.5) is 0 Å². The quantitative estimate of drug-likeness (QED) is 0.388. The molecule has 0 aromatic heterocycles. The van der Waals surface area contributed by atoms with Crippen LogP contribution in [0, 0.1) is 0 Å². The van der Waals surface area contributed by atoms with E-state index < -0.39 is 17.7 Å². The average Bonchev–Trinajstić information content (AvgIpc) is 2.00. The minimum absolute atomic E-state index is 0.435. The second kappa shape index (κ2) is 6.43. The highest BCUT2D eigenvalue weighted by molar-refractivity contribution is 5.68. The monoisotopic (exact) mass is 216 g/mol. The van der Waals surface area contributed by atoms with Crippen molar-refractivity contribution in [2.75, 3.05) is 0 Å². The summed E-state index contributed by atoms with van der Waals surface area (Å²) in [5.41, 5.74) is 0. The van der Waals surface area contributed by atoms with E-state index in [4.69, 9.17) is 9.47 Å². The first-order chi connectivity index (χ1) is 6.89. The van der Waals surface area contributed by atoms with E-state index in [0.29, 0.717) is 6.42 Å². The van der Waals surface area contributed by atoms with E-state index in [1.165, 1.54) is 13.8 Å². The summed E-state index contributed by atoms with van der Waals surface area (Å²) in [6.07, 6.45) is 3.50. The van der Waals surface area contributed by atoms with Gasteiger partial charge in [0.15, 0.2) is 0 Å². The molecule has 0 fully saturated rings. The molecule has 15 heavy (non-hydrogen) atoms. The third kappa shape index (κ3) is 6.94. The van der Waals surface area contributed by atoms with E-state index in [-0.39, 0.29) is 0 Å². The summed E-state index contributed by atoms with van der Waals surface area (Å²) in [7, 11) is 0. The predicted octanol–water partition coefficient (Wildman–Crippen LogP) is 2.41. The minimum atomic E-state index is -1.10. The number of carbonyl (C=O) groups excluding carboxylic acids is 2. The smallest absolute Gasteiger partial charge is 0.305 e. The third-order valence-electron chi connectivity index (χ3n) is 1.95. The summed E-state index contributed by atoms with van der Waals surface area (Å²) in [4.78, 5) is 21.7. The molecule has 0 rings (SSSR count). The van der Waals surface area contributed by atoms with E-state index in [1.54, 1.807) is 6.92 Å². The van der Waals surface area contributed by atoms with Crippen molar-refractivity contribution in [2.45, 2.75) is 59.2 Å². The molecular weight excluding hydrogens is 196 g/mol. The molecule has 4 nitrogen and oxygen atoms in total. The molecule has 0 aliphatic carbocycles. The molecule has 0 spiro atoms. The number of hydrogen-bond acceptors (Lipinski definition) is 4. The Hall–Kier alpha value is -1.06. The Labute approximate surface area is 90.9 Å². The fraction of sp³-hybridized carbons (Fsp3) is 0.818. The summed E-state index contributed by atoms with van der Waals surface area (Å²) in [6, 6.07) is 0. The summed E-state index contributed by atoms with van der Waals surface area (Å²) in [5, 5.41) is 0. The largest absolute Gasteiger partial charge is 0.423 e. The average molecular weight is 216 g/mol. The molecule has 0 saturated heterocycles. The lowest BCUT2D eigenvalue weighted by molar-refractivity contribution is -0.222. The molecule has 0 radical (unpaired) electrons. The highest BCUT2D eigenvalue weighted by Crippen LogP contribution is 2.21. The fourth-order valence-electron chi connectivity index (χ4n) is 1.43. The van der Waals surface area contributed by atoms with Gasteiger partial charge in [-0.15, -0.1) is 0 Å². The van der Waals surface area contributed by atoms with Gasteiger partial charge in [-0.1, -0.05) is 19.8 Å². The van der Waals surface area contributed by atoms with E-state index in [0.717, 1.165) is 19.3 Å². The number of rotatable bonds is 6. The van der Waals surface area contributed by atoms with Crippen molar-refractivity contribution in [3.05, 3.63) is 0 Å². The lowest BCUT2D eigenvalue weighted by atomic mass is 10.1. The van der Waals surface area contributed by atoms with Crippen molar-refractivity contribution >= 4 is 11.9 Å². The molecule has 0 aliphatic rings. The number of unbranched alkanes of at least 4 members (excludes halogenated alkanes) is 2. The summed E-state index contributed by atoms with van der Waals surface area (Å²) in [6.45, 7) is 6.31. The number of hydrogen-bond donors (Lipinski definition) is 0. The second-order valence-corrected chi connectivity index (χ2v) is 3.78. The van der Waals surface area contributed by atoms with Crippen LogP contribution in [0.25, 0.3) is 0 Å². The van der Waals surface area contributed by atoms with Gasteiger partial charge in [0, 0.05) is 27.2 Å². The summed E-state index contributed by atoms with van der Waals surface area (Å²) < 4.78 is 10.0. The highest BCUT2D eigenvalue weighted by atomic mass is 16.7. The van der Waals surface area contributed by atoms with Gasteiger partial charge < -0.3 is 9.47 Å². The van der Waals surface area contributed by atoms with Crippen LogP contribution in [0.1, 0.15) is 53.4 Å². The van der Waals surface area contributed by atoms with Crippen molar-refractivity contribution in [1.82, 2.24) is 0 Å². The molecule has 0 amide bonds. The minimum Gasteiger partial charge on any atom is -0.423 e. The van der Waals surface area contributed by atoms with E-state index in [9.17, 15) is 9.59 Å². The van der Waals surface area contributed by atoms with E-state index in [1.807, 2.05) is 0 Å². The molecule has 0 N–H and O–H groups in total. The molecule has 0 aliphatic heterocycles.